The third-order valence-corrected chi connectivity index (χ3v) is 2.31. The van der Waals surface area contributed by atoms with Crippen LogP contribution in [0.4, 0.5) is 13.2 Å². The van der Waals surface area contributed by atoms with Crippen molar-refractivity contribution in [1.29, 1.82) is 0 Å². The Bertz CT molecular complexity index is 349. The molecular formula is C7H8F3N3OS. The molecule has 0 spiro atoms. The molecule has 4 nitrogen and oxygen atoms in total. The quantitative estimate of drug-likeness (QED) is 0.867. The summed E-state index contributed by atoms with van der Waals surface area (Å²) in [6.07, 6.45) is -3.94. The zero-order chi connectivity index (χ0) is 11.5. The highest BCUT2D eigenvalue weighted by Gasteiger charge is 2.28. The van der Waals surface area contributed by atoms with Gasteiger partial charge in [0.05, 0.1) is 5.69 Å². The topological polar surface area (TPSA) is 54.9 Å². The van der Waals surface area contributed by atoms with Crippen molar-refractivity contribution in [1.82, 2.24) is 14.9 Å². The summed E-state index contributed by atoms with van der Waals surface area (Å²) >= 11 is 0.792. The van der Waals surface area contributed by atoms with Crippen LogP contribution in [0.5, 0.6) is 0 Å². The Kier molecular flexibility index (Phi) is 3.61. The third-order valence-electron chi connectivity index (χ3n) is 1.55. The Morgan fingerprint density at radius 1 is 1.53 bits per heavy atom. The van der Waals surface area contributed by atoms with E-state index >= 15 is 0 Å². The van der Waals surface area contributed by atoms with Crippen molar-refractivity contribution in [3.8, 4) is 0 Å². The molecule has 1 N–H and O–H groups in total. The van der Waals surface area contributed by atoms with Crippen LogP contribution >= 0.6 is 11.5 Å². The van der Waals surface area contributed by atoms with Crippen LogP contribution in [0.2, 0.25) is 0 Å². The van der Waals surface area contributed by atoms with E-state index in [2.05, 4.69) is 9.59 Å². The first kappa shape index (κ1) is 11.9. The Morgan fingerprint density at radius 2 is 2.20 bits per heavy atom. The third kappa shape index (κ3) is 3.46. The van der Waals surface area contributed by atoms with Crippen LogP contribution in [0, 0.1) is 0 Å². The van der Waals surface area contributed by atoms with E-state index in [1.165, 1.54) is 0 Å². The molecule has 0 saturated carbocycles. The van der Waals surface area contributed by atoms with Gasteiger partial charge in [-0.15, -0.1) is 5.10 Å². The molecule has 84 valence electrons. The minimum Gasteiger partial charge on any atom is -0.342 e. The summed E-state index contributed by atoms with van der Waals surface area (Å²) < 4.78 is 38.9. The van der Waals surface area contributed by atoms with Gasteiger partial charge in [-0.3, -0.25) is 4.79 Å². The summed E-state index contributed by atoms with van der Waals surface area (Å²) in [5.74, 6) is -0.779. The zero-order valence-electron chi connectivity index (χ0n) is 7.76. The van der Waals surface area contributed by atoms with Gasteiger partial charge < -0.3 is 5.32 Å². The number of hydrogen-bond donors (Lipinski definition) is 1. The summed E-state index contributed by atoms with van der Waals surface area (Å²) in [6.45, 7) is 0.407. The number of alkyl halides is 3. The van der Waals surface area contributed by atoms with E-state index in [0.717, 1.165) is 11.5 Å². The first-order valence-electron chi connectivity index (χ1n) is 4.10. The van der Waals surface area contributed by atoms with Crippen LogP contribution in [0.25, 0.3) is 0 Å². The van der Waals surface area contributed by atoms with Gasteiger partial charge in [-0.1, -0.05) is 11.4 Å². The Hall–Kier alpha value is -1.18. The highest BCUT2D eigenvalue weighted by Crippen LogP contribution is 2.14. The van der Waals surface area contributed by atoms with Gasteiger partial charge >= 0.3 is 6.18 Å². The summed E-state index contributed by atoms with van der Waals surface area (Å²) in [6, 6.07) is 0. The molecule has 15 heavy (non-hydrogen) atoms. The van der Waals surface area contributed by atoms with Gasteiger partial charge in [0.25, 0.3) is 5.91 Å². The largest absolute Gasteiger partial charge is 0.405 e. The van der Waals surface area contributed by atoms with Crippen molar-refractivity contribution >= 4 is 17.4 Å². The van der Waals surface area contributed by atoms with Crippen molar-refractivity contribution in [2.45, 2.75) is 19.5 Å². The predicted molar refractivity (Wildman–Crippen MR) is 47.7 cm³/mol. The van der Waals surface area contributed by atoms with E-state index in [1.807, 2.05) is 0 Å². The minimum absolute atomic E-state index is 0.141. The number of carbonyl (C=O) groups excluding carboxylic acids is 1. The Labute approximate surface area is 87.7 Å². The van der Waals surface area contributed by atoms with E-state index in [9.17, 15) is 18.0 Å². The number of amides is 1. The van der Waals surface area contributed by atoms with Gasteiger partial charge in [0.1, 0.15) is 11.4 Å². The molecule has 0 radical (unpaired) electrons. The maximum absolute atomic E-state index is 11.8. The number of nitrogens with one attached hydrogen (secondary N) is 1. The molecule has 1 amide bonds. The van der Waals surface area contributed by atoms with Crippen LogP contribution in [0.3, 0.4) is 0 Å². The molecule has 1 aromatic heterocycles. The number of aryl methyl sites for hydroxylation is 1. The highest BCUT2D eigenvalue weighted by molar-refractivity contribution is 7.08. The number of halogens is 3. The maximum Gasteiger partial charge on any atom is 0.405 e. The number of aromatic nitrogens is 2. The lowest BCUT2D eigenvalue weighted by Crippen LogP contribution is -2.33. The number of nitrogens with zero attached hydrogens (tertiary/aromatic N) is 2. The van der Waals surface area contributed by atoms with E-state index in [4.69, 9.17) is 0 Å². The lowest BCUT2D eigenvalue weighted by Gasteiger charge is -2.07. The molecule has 0 saturated heterocycles. The minimum atomic E-state index is -4.40. The van der Waals surface area contributed by atoms with Gasteiger partial charge in [0.2, 0.25) is 0 Å². The Balaban J connectivity index is 2.62. The molecule has 0 aromatic carbocycles. The SMILES string of the molecule is CCc1nnsc1C(=O)NCC(F)(F)F. The smallest absolute Gasteiger partial charge is 0.342 e. The molecule has 1 rings (SSSR count). The van der Waals surface area contributed by atoms with Crippen molar-refractivity contribution < 1.29 is 18.0 Å². The van der Waals surface area contributed by atoms with Crippen LogP contribution in [-0.2, 0) is 6.42 Å². The van der Waals surface area contributed by atoms with E-state index in [-0.39, 0.29) is 4.88 Å². The lowest BCUT2D eigenvalue weighted by molar-refractivity contribution is -0.123. The molecule has 0 aliphatic heterocycles. The predicted octanol–water partition coefficient (Wildman–Crippen LogP) is 1.39. The molecule has 0 aliphatic carbocycles. The highest BCUT2D eigenvalue weighted by atomic mass is 32.1. The van der Waals surface area contributed by atoms with Gasteiger partial charge in [0, 0.05) is 0 Å². The lowest BCUT2D eigenvalue weighted by atomic mass is 10.3. The van der Waals surface area contributed by atoms with Crippen molar-refractivity contribution in [3.63, 3.8) is 0 Å². The van der Waals surface area contributed by atoms with Gasteiger partial charge in [-0.25, -0.2) is 0 Å². The normalized spacial score (nSPS) is 11.5. The second-order valence-electron chi connectivity index (χ2n) is 2.70. The van der Waals surface area contributed by atoms with Crippen LogP contribution in [-0.4, -0.2) is 28.2 Å². The molecule has 0 unspecified atom stereocenters. The zero-order valence-corrected chi connectivity index (χ0v) is 8.58. The van der Waals surface area contributed by atoms with E-state index < -0.39 is 18.6 Å². The molecule has 0 fully saturated rings. The van der Waals surface area contributed by atoms with E-state index in [0.29, 0.717) is 12.1 Å². The standard InChI is InChI=1S/C7H8F3N3OS/c1-2-4-5(15-13-12-4)6(14)11-3-7(8,9)10/h2-3H2,1H3,(H,11,14). The maximum atomic E-state index is 11.8. The summed E-state index contributed by atoms with van der Waals surface area (Å²) in [7, 11) is 0. The second kappa shape index (κ2) is 4.56. The van der Waals surface area contributed by atoms with Crippen LogP contribution < -0.4 is 5.32 Å². The van der Waals surface area contributed by atoms with E-state index in [1.54, 1.807) is 12.2 Å². The summed E-state index contributed by atoms with van der Waals surface area (Å²) in [4.78, 5) is 11.4. The summed E-state index contributed by atoms with van der Waals surface area (Å²) in [5, 5.41) is 5.39. The van der Waals surface area contributed by atoms with Crippen molar-refractivity contribution in [2.24, 2.45) is 0 Å². The molecule has 1 heterocycles. The van der Waals surface area contributed by atoms with Crippen molar-refractivity contribution in [3.05, 3.63) is 10.6 Å². The monoisotopic (exact) mass is 239 g/mol. The number of carbonyl (C=O) groups is 1. The molecule has 8 heteroatoms. The molecule has 1 aromatic rings. The fourth-order valence-corrected chi connectivity index (χ4v) is 1.54. The average Bonchev–Trinajstić information content (AvgIpc) is 2.60. The molecule has 0 atom stereocenters. The molecule has 0 aliphatic rings. The van der Waals surface area contributed by atoms with Crippen molar-refractivity contribution in [2.75, 3.05) is 6.54 Å². The van der Waals surface area contributed by atoms with Crippen LogP contribution in [0.15, 0.2) is 0 Å². The summed E-state index contributed by atoms with van der Waals surface area (Å²) in [5.41, 5.74) is 0.416. The molecule has 0 bridgehead atoms. The number of rotatable bonds is 3. The average molecular weight is 239 g/mol. The fourth-order valence-electron chi connectivity index (χ4n) is 0.873. The fraction of sp³-hybridized carbons (Fsp3) is 0.571. The number of hydrogen-bond acceptors (Lipinski definition) is 4. The first-order valence-corrected chi connectivity index (χ1v) is 4.87. The van der Waals surface area contributed by atoms with Gasteiger partial charge in [-0.2, -0.15) is 13.2 Å². The molecular weight excluding hydrogens is 231 g/mol. The van der Waals surface area contributed by atoms with Crippen LogP contribution in [0.1, 0.15) is 22.3 Å². The Morgan fingerprint density at radius 3 is 2.73 bits per heavy atom. The second-order valence-corrected chi connectivity index (χ2v) is 3.45. The first-order chi connectivity index (χ1) is 6.94. The van der Waals surface area contributed by atoms with Gasteiger partial charge in [-0.05, 0) is 18.0 Å². The van der Waals surface area contributed by atoms with Gasteiger partial charge in [0.15, 0.2) is 0 Å².